The Morgan fingerprint density at radius 2 is 2.00 bits per heavy atom. The molecule has 0 unspecified atom stereocenters. The number of hydrogen-bond donors (Lipinski definition) is 3. The van der Waals surface area contributed by atoms with Gasteiger partial charge in [-0.2, -0.15) is 13.8 Å². The SMILES string of the molecule is NNc1ncc(F)c(Nc2ccccc2SC(F)F)n1. The van der Waals surface area contributed by atoms with Crippen molar-refractivity contribution in [3.05, 3.63) is 36.3 Å². The Bertz CT molecular complexity index is 596. The normalized spacial score (nSPS) is 10.7. The predicted molar refractivity (Wildman–Crippen MR) is 71.4 cm³/mol. The second-order valence-corrected chi connectivity index (χ2v) is 4.57. The molecule has 2 rings (SSSR count). The van der Waals surface area contributed by atoms with Crippen molar-refractivity contribution in [2.24, 2.45) is 5.84 Å². The van der Waals surface area contributed by atoms with E-state index < -0.39 is 11.6 Å². The van der Waals surface area contributed by atoms with Gasteiger partial charge in [-0.15, -0.1) is 0 Å². The summed E-state index contributed by atoms with van der Waals surface area (Å²) in [5.74, 6) is 1.68. The molecule has 1 heterocycles. The molecule has 5 nitrogen and oxygen atoms in total. The number of hydrogen-bond acceptors (Lipinski definition) is 6. The number of halogens is 3. The molecule has 1 aromatic heterocycles. The highest BCUT2D eigenvalue weighted by Gasteiger charge is 2.12. The van der Waals surface area contributed by atoms with Gasteiger partial charge >= 0.3 is 0 Å². The van der Waals surface area contributed by atoms with Crippen molar-refractivity contribution >= 4 is 29.2 Å². The minimum Gasteiger partial charge on any atom is -0.337 e. The van der Waals surface area contributed by atoms with Crippen molar-refractivity contribution in [2.75, 3.05) is 10.7 Å². The molecule has 0 radical (unpaired) electrons. The lowest BCUT2D eigenvalue weighted by Crippen LogP contribution is -2.12. The van der Waals surface area contributed by atoms with Crippen molar-refractivity contribution in [3.63, 3.8) is 0 Å². The van der Waals surface area contributed by atoms with Crippen molar-refractivity contribution < 1.29 is 13.2 Å². The summed E-state index contributed by atoms with van der Waals surface area (Å²) in [5.41, 5.74) is 2.49. The van der Waals surface area contributed by atoms with Crippen LogP contribution < -0.4 is 16.6 Å². The molecule has 0 amide bonds. The molecule has 0 saturated heterocycles. The maximum absolute atomic E-state index is 13.6. The molecule has 2 aromatic rings. The average Bonchev–Trinajstić information content (AvgIpc) is 2.43. The van der Waals surface area contributed by atoms with Gasteiger partial charge in [0.25, 0.3) is 5.76 Å². The monoisotopic (exact) mass is 301 g/mol. The molecular formula is C11H10F3N5S. The van der Waals surface area contributed by atoms with Crippen LogP contribution in [0.2, 0.25) is 0 Å². The fraction of sp³-hybridized carbons (Fsp3) is 0.0909. The first-order chi connectivity index (χ1) is 9.60. The van der Waals surface area contributed by atoms with Crippen LogP contribution in [0.15, 0.2) is 35.4 Å². The van der Waals surface area contributed by atoms with Crippen molar-refractivity contribution in [1.29, 1.82) is 0 Å². The van der Waals surface area contributed by atoms with Gasteiger partial charge in [0.05, 0.1) is 11.9 Å². The highest BCUT2D eigenvalue weighted by molar-refractivity contribution is 7.99. The Hall–Kier alpha value is -2.00. The maximum atomic E-state index is 13.6. The number of rotatable bonds is 5. The maximum Gasteiger partial charge on any atom is 0.288 e. The number of nitrogens with two attached hydrogens (primary N) is 1. The molecule has 0 spiro atoms. The van der Waals surface area contributed by atoms with E-state index in [0.717, 1.165) is 6.20 Å². The molecule has 1 aromatic carbocycles. The molecule has 4 N–H and O–H groups in total. The molecule has 106 valence electrons. The number of thioether (sulfide) groups is 1. The van der Waals surface area contributed by atoms with E-state index in [4.69, 9.17) is 5.84 Å². The fourth-order valence-electron chi connectivity index (χ4n) is 1.42. The van der Waals surface area contributed by atoms with E-state index in [2.05, 4.69) is 20.7 Å². The zero-order valence-electron chi connectivity index (χ0n) is 9.98. The third-order valence-electron chi connectivity index (χ3n) is 2.23. The van der Waals surface area contributed by atoms with Crippen LogP contribution in [0.4, 0.5) is 30.6 Å². The Balaban J connectivity index is 2.30. The van der Waals surface area contributed by atoms with E-state index in [0.29, 0.717) is 17.4 Å². The van der Waals surface area contributed by atoms with Gasteiger partial charge in [0.2, 0.25) is 5.95 Å². The Labute approximate surface area is 116 Å². The second-order valence-electron chi connectivity index (χ2n) is 3.53. The number of aromatic nitrogens is 2. The number of para-hydroxylation sites is 1. The number of benzene rings is 1. The van der Waals surface area contributed by atoms with E-state index in [1.165, 1.54) is 6.07 Å². The quantitative estimate of drug-likeness (QED) is 0.448. The first kappa shape index (κ1) is 14.4. The zero-order valence-corrected chi connectivity index (χ0v) is 10.8. The predicted octanol–water partition coefficient (Wildman–Crippen LogP) is 2.96. The Morgan fingerprint density at radius 1 is 1.25 bits per heavy atom. The lowest BCUT2D eigenvalue weighted by molar-refractivity contribution is 0.252. The number of alkyl halides is 2. The minimum atomic E-state index is -2.57. The van der Waals surface area contributed by atoms with Crippen LogP contribution >= 0.6 is 11.8 Å². The first-order valence-corrected chi connectivity index (χ1v) is 6.28. The summed E-state index contributed by atoms with van der Waals surface area (Å²) in [6.07, 6.45) is 0.924. The van der Waals surface area contributed by atoms with Crippen molar-refractivity contribution in [1.82, 2.24) is 9.97 Å². The highest BCUT2D eigenvalue weighted by atomic mass is 32.2. The van der Waals surface area contributed by atoms with E-state index in [-0.39, 0.29) is 16.7 Å². The van der Waals surface area contributed by atoms with Crippen LogP contribution in [0.5, 0.6) is 0 Å². The van der Waals surface area contributed by atoms with Crippen LogP contribution in [-0.4, -0.2) is 15.7 Å². The van der Waals surface area contributed by atoms with E-state index in [9.17, 15) is 13.2 Å². The smallest absolute Gasteiger partial charge is 0.288 e. The number of nitrogens with zero attached hydrogens (tertiary/aromatic N) is 2. The van der Waals surface area contributed by atoms with Crippen LogP contribution in [0.3, 0.4) is 0 Å². The van der Waals surface area contributed by atoms with Gasteiger partial charge in [-0.05, 0) is 12.1 Å². The van der Waals surface area contributed by atoms with Gasteiger partial charge in [0.1, 0.15) is 0 Å². The highest BCUT2D eigenvalue weighted by Crippen LogP contribution is 2.33. The van der Waals surface area contributed by atoms with Gasteiger partial charge < -0.3 is 5.32 Å². The minimum absolute atomic E-state index is 0.00731. The summed E-state index contributed by atoms with van der Waals surface area (Å²) in [5, 5.41) is 2.65. The molecule has 0 fully saturated rings. The third-order valence-corrected chi connectivity index (χ3v) is 3.02. The molecule has 0 atom stereocenters. The third kappa shape index (κ3) is 3.52. The van der Waals surface area contributed by atoms with Gasteiger partial charge in [-0.1, -0.05) is 23.9 Å². The zero-order chi connectivity index (χ0) is 14.5. The summed E-state index contributed by atoms with van der Waals surface area (Å²) < 4.78 is 38.5. The molecule has 9 heteroatoms. The summed E-state index contributed by atoms with van der Waals surface area (Å²) in [4.78, 5) is 7.64. The molecule has 0 bridgehead atoms. The van der Waals surface area contributed by atoms with E-state index in [1.54, 1.807) is 18.2 Å². The first-order valence-electron chi connectivity index (χ1n) is 5.40. The molecular weight excluding hydrogens is 291 g/mol. The van der Waals surface area contributed by atoms with Gasteiger partial charge in [0, 0.05) is 4.90 Å². The molecule has 0 saturated carbocycles. The topological polar surface area (TPSA) is 75.9 Å². The fourth-order valence-corrected chi connectivity index (χ4v) is 2.02. The summed E-state index contributed by atoms with van der Waals surface area (Å²) in [6, 6.07) is 6.29. The van der Waals surface area contributed by atoms with E-state index >= 15 is 0 Å². The second kappa shape index (κ2) is 6.44. The van der Waals surface area contributed by atoms with Gasteiger partial charge in [-0.3, -0.25) is 5.43 Å². The van der Waals surface area contributed by atoms with Gasteiger partial charge in [-0.25, -0.2) is 15.2 Å². The van der Waals surface area contributed by atoms with Crippen LogP contribution in [0, 0.1) is 5.82 Å². The number of nitrogen functional groups attached to an aromatic ring is 1. The summed E-state index contributed by atoms with van der Waals surface area (Å²) >= 11 is 0.358. The van der Waals surface area contributed by atoms with Crippen molar-refractivity contribution in [3.8, 4) is 0 Å². The number of nitrogens with one attached hydrogen (secondary N) is 2. The molecule has 0 aliphatic rings. The largest absolute Gasteiger partial charge is 0.337 e. The lowest BCUT2D eigenvalue weighted by Gasteiger charge is -2.11. The van der Waals surface area contributed by atoms with Crippen LogP contribution in [0.25, 0.3) is 0 Å². The molecule has 20 heavy (non-hydrogen) atoms. The lowest BCUT2D eigenvalue weighted by atomic mass is 10.3. The summed E-state index contributed by atoms with van der Waals surface area (Å²) in [7, 11) is 0. The van der Waals surface area contributed by atoms with Crippen molar-refractivity contribution in [2.45, 2.75) is 10.7 Å². The number of anilines is 3. The average molecular weight is 301 g/mol. The summed E-state index contributed by atoms with van der Waals surface area (Å²) in [6.45, 7) is 0. The molecule has 0 aliphatic carbocycles. The standard InChI is InChI=1S/C11H10F3N5S/c12-6-5-16-11(19-15)18-9(6)17-7-3-1-2-4-8(7)20-10(13)14/h1-5,10H,15H2,(H2,16,17,18,19). The number of hydrazine groups is 1. The Kier molecular flexibility index (Phi) is 4.64. The molecule has 0 aliphatic heterocycles. The van der Waals surface area contributed by atoms with Crippen LogP contribution in [0.1, 0.15) is 0 Å². The van der Waals surface area contributed by atoms with Gasteiger partial charge in [0.15, 0.2) is 11.6 Å². The Morgan fingerprint density at radius 3 is 2.70 bits per heavy atom. The van der Waals surface area contributed by atoms with E-state index in [1.807, 2.05) is 0 Å². The van der Waals surface area contributed by atoms with Crippen LogP contribution in [-0.2, 0) is 0 Å².